The Balaban J connectivity index is 1.77. The number of rotatable bonds is 6. The minimum absolute atomic E-state index is 0.162. The molecular formula is C18H24N2O3. The van der Waals surface area contributed by atoms with Crippen LogP contribution in [0.4, 0.5) is 0 Å². The van der Waals surface area contributed by atoms with Crippen LogP contribution in [0.5, 0.6) is 11.5 Å². The zero-order chi connectivity index (χ0) is 16.2. The maximum absolute atomic E-state index is 12.8. The number of nitrogens with zero attached hydrogens (tertiary/aromatic N) is 1. The molecule has 3 rings (SSSR count). The number of benzene rings is 1. The van der Waals surface area contributed by atoms with Gasteiger partial charge in [-0.1, -0.05) is 12.1 Å². The number of hydrogen-bond donors (Lipinski definition) is 1. The lowest BCUT2D eigenvalue weighted by Crippen LogP contribution is -2.38. The molecule has 0 saturated heterocycles. The molecule has 0 atom stereocenters. The number of carbonyl (C=O) groups is 1. The molecule has 1 heterocycles. The molecule has 1 amide bonds. The maximum atomic E-state index is 12.8. The van der Waals surface area contributed by atoms with Crippen LogP contribution in [0.15, 0.2) is 29.8 Å². The summed E-state index contributed by atoms with van der Waals surface area (Å²) in [5.41, 5.74) is 1.95. The smallest absolute Gasteiger partial charge is 0.251 e. The molecule has 1 aliphatic heterocycles. The third-order valence-corrected chi connectivity index (χ3v) is 4.35. The van der Waals surface area contributed by atoms with Gasteiger partial charge in [0.1, 0.15) is 0 Å². The van der Waals surface area contributed by atoms with Crippen molar-refractivity contribution in [3.63, 3.8) is 0 Å². The number of nitrogens with one attached hydrogen (secondary N) is 1. The van der Waals surface area contributed by atoms with E-state index in [2.05, 4.69) is 11.4 Å². The van der Waals surface area contributed by atoms with Gasteiger partial charge < -0.3 is 19.7 Å². The summed E-state index contributed by atoms with van der Waals surface area (Å²) in [6.45, 7) is 2.24. The van der Waals surface area contributed by atoms with Gasteiger partial charge in [0.25, 0.3) is 5.91 Å². The van der Waals surface area contributed by atoms with Crippen molar-refractivity contribution < 1.29 is 14.3 Å². The van der Waals surface area contributed by atoms with Crippen molar-refractivity contribution in [1.82, 2.24) is 10.2 Å². The second-order valence-corrected chi connectivity index (χ2v) is 6.05. The molecule has 1 saturated carbocycles. The highest BCUT2D eigenvalue weighted by Crippen LogP contribution is 2.32. The van der Waals surface area contributed by atoms with Crippen LogP contribution in [0.1, 0.15) is 24.8 Å². The van der Waals surface area contributed by atoms with Crippen LogP contribution in [0.25, 0.3) is 0 Å². The molecule has 1 aromatic carbocycles. The summed E-state index contributed by atoms with van der Waals surface area (Å²) in [7, 11) is 3.25. The standard InChI is InChI=1S/C18H24N2O3/c1-22-16-8-5-13(10-17(16)23-2)12-20(15-6-7-15)18(21)14-4-3-9-19-11-14/h4-5,8,10,15,19H,3,6-7,9,11-12H2,1-2H3. The second-order valence-electron chi connectivity index (χ2n) is 6.05. The van der Waals surface area contributed by atoms with E-state index in [0.29, 0.717) is 30.6 Å². The topological polar surface area (TPSA) is 50.8 Å². The van der Waals surface area contributed by atoms with E-state index >= 15 is 0 Å². The van der Waals surface area contributed by atoms with E-state index in [4.69, 9.17) is 9.47 Å². The molecule has 0 radical (unpaired) electrons. The quantitative estimate of drug-likeness (QED) is 0.873. The Bertz CT molecular complexity index is 608. The number of amides is 1. The molecule has 0 spiro atoms. The van der Waals surface area contributed by atoms with Crippen LogP contribution in [0, 0.1) is 0 Å². The molecule has 1 aromatic rings. The van der Waals surface area contributed by atoms with Gasteiger partial charge in [0, 0.05) is 24.7 Å². The first-order valence-corrected chi connectivity index (χ1v) is 8.14. The van der Waals surface area contributed by atoms with Gasteiger partial charge in [-0.25, -0.2) is 0 Å². The first kappa shape index (κ1) is 15.9. The minimum Gasteiger partial charge on any atom is -0.493 e. The Morgan fingerprint density at radius 1 is 1.26 bits per heavy atom. The van der Waals surface area contributed by atoms with Crippen molar-refractivity contribution >= 4 is 5.91 Å². The van der Waals surface area contributed by atoms with Crippen molar-refractivity contribution in [3.05, 3.63) is 35.4 Å². The highest BCUT2D eigenvalue weighted by Gasteiger charge is 2.34. The SMILES string of the molecule is COc1ccc(CN(C(=O)C2=CCCNC2)C2CC2)cc1OC. The summed E-state index contributed by atoms with van der Waals surface area (Å²) in [6.07, 6.45) is 5.19. The van der Waals surface area contributed by atoms with Gasteiger partial charge in [-0.3, -0.25) is 4.79 Å². The van der Waals surface area contributed by atoms with Crippen LogP contribution in [-0.4, -0.2) is 44.2 Å². The molecule has 1 N–H and O–H groups in total. The monoisotopic (exact) mass is 316 g/mol. The zero-order valence-corrected chi connectivity index (χ0v) is 13.8. The summed E-state index contributed by atoms with van der Waals surface area (Å²) in [5, 5.41) is 3.27. The Labute approximate surface area is 137 Å². The molecule has 124 valence electrons. The number of carbonyl (C=O) groups excluding carboxylic acids is 1. The Morgan fingerprint density at radius 3 is 2.65 bits per heavy atom. The van der Waals surface area contributed by atoms with Gasteiger partial charge >= 0.3 is 0 Å². The van der Waals surface area contributed by atoms with E-state index in [1.807, 2.05) is 23.1 Å². The first-order chi connectivity index (χ1) is 11.2. The third-order valence-electron chi connectivity index (χ3n) is 4.35. The predicted molar refractivity (Wildman–Crippen MR) is 88.7 cm³/mol. The van der Waals surface area contributed by atoms with Gasteiger partial charge in [-0.2, -0.15) is 0 Å². The van der Waals surface area contributed by atoms with Crippen molar-refractivity contribution in [2.45, 2.75) is 31.8 Å². The number of hydrogen-bond acceptors (Lipinski definition) is 4. The van der Waals surface area contributed by atoms with Crippen LogP contribution in [0.3, 0.4) is 0 Å². The highest BCUT2D eigenvalue weighted by molar-refractivity contribution is 5.94. The van der Waals surface area contributed by atoms with E-state index in [-0.39, 0.29) is 5.91 Å². The number of methoxy groups -OCH3 is 2. The molecule has 2 aliphatic rings. The van der Waals surface area contributed by atoms with Gasteiger partial charge in [0.2, 0.25) is 0 Å². The normalized spacial score (nSPS) is 17.4. The van der Waals surface area contributed by atoms with E-state index in [1.165, 1.54) is 0 Å². The van der Waals surface area contributed by atoms with Crippen molar-refractivity contribution in [2.75, 3.05) is 27.3 Å². The van der Waals surface area contributed by atoms with Gasteiger partial charge in [-0.15, -0.1) is 0 Å². The van der Waals surface area contributed by atoms with Crippen LogP contribution in [0.2, 0.25) is 0 Å². The van der Waals surface area contributed by atoms with Crippen LogP contribution < -0.4 is 14.8 Å². The summed E-state index contributed by atoms with van der Waals surface area (Å²) >= 11 is 0. The fourth-order valence-electron chi connectivity index (χ4n) is 2.92. The zero-order valence-electron chi connectivity index (χ0n) is 13.8. The van der Waals surface area contributed by atoms with Gasteiger partial charge in [0.05, 0.1) is 14.2 Å². The van der Waals surface area contributed by atoms with Gasteiger partial charge in [-0.05, 0) is 43.5 Å². The Morgan fingerprint density at radius 2 is 2.04 bits per heavy atom. The largest absolute Gasteiger partial charge is 0.493 e. The van der Waals surface area contributed by atoms with Crippen molar-refractivity contribution in [2.24, 2.45) is 0 Å². The summed E-state index contributed by atoms with van der Waals surface area (Å²) < 4.78 is 10.6. The highest BCUT2D eigenvalue weighted by atomic mass is 16.5. The van der Waals surface area contributed by atoms with E-state index < -0.39 is 0 Å². The third kappa shape index (κ3) is 3.67. The summed E-state index contributed by atoms with van der Waals surface area (Å²) in [6, 6.07) is 6.22. The Hall–Kier alpha value is -2.01. The summed E-state index contributed by atoms with van der Waals surface area (Å²) in [5.74, 6) is 1.57. The summed E-state index contributed by atoms with van der Waals surface area (Å²) in [4.78, 5) is 14.8. The lowest BCUT2D eigenvalue weighted by atomic mass is 10.1. The second kappa shape index (κ2) is 7.04. The molecule has 5 nitrogen and oxygen atoms in total. The molecule has 23 heavy (non-hydrogen) atoms. The van der Waals surface area contributed by atoms with E-state index in [0.717, 1.165) is 36.9 Å². The molecular weight excluding hydrogens is 292 g/mol. The van der Waals surface area contributed by atoms with Gasteiger partial charge in [0.15, 0.2) is 11.5 Å². The van der Waals surface area contributed by atoms with Crippen molar-refractivity contribution in [3.8, 4) is 11.5 Å². The first-order valence-electron chi connectivity index (χ1n) is 8.14. The average molecular weight is 316 g/mol. The molecule has 1 aliphatic carbocycles. The average Bonchev–Trinajstić information content (AvgIpc) is 3.44. The molecule has 5 heteroatoms. The van der Waals surface area contributed by atoms with E-state index in [1.54, 1.807) is 14.2 Å². The minimum atomic E-state index is 0.162. The fourth-order valence-corrected chi connectivity index (χ4v) is 2.92. The molecule has 1 fully saturated rings. The van der Waals surface area contributed by atoms with Crippen LogP contribution >= 0.6 is 0 Å². The van der Waals surface area contributed by atoms with Crippen LogP contribution in [-0.2, 0) is 11.3 Å². The molecule has 0 aromatic heterocycles. The van der Waals surface area contributed by atoms with Crippen molar-refractivity contribution in [1.29, 1.82) is 0 Å². The molecule has 0 bridgehead atoms. The molecule has 0 unspecified atom stereocenters. The number of ether oxygens (including phenoxy) is 2. The van der Waals surface area contributed by atoms with E-state index in [9.17, 15) is 4.79 Å². The lowest BCUT2D eigenvalue weighted by Gasteiger charge is -2.26. The maximum Gasteiger partial charge on any atom is 0.251 e. The lowest BCUT2D eigenvalue weighted by molar-refractivity contribution is -0.128. The Kier molecular flexibility index (Phi) is 4.86. The fraction of sp³-hybridized carbons (Fsp3) is 0.500. The predicted octanol–water partition coefficient (Wildman–Crippen LogP) is 2.11.